The Bertz CT molecular complexity index is 712. The van der Waals surface area contributed by atoms with Crippen molar-refractivity contribution < 1.29 is 18.7 Å². The van der Waals surface area contributed by atoms with Gasteiger partial charge in [-0.25, -0.2) is 4.39 Å². The minimum Gasteiger partial charge on any atom is -0.469 e. The summed E-state index contributed by atoms with van der Waals surface area (Å²) in [5, 5.41) is 0. The smallest absolute Gasteiger partial charge is 0.312 e. The van der Waals surface area contributed by atoms with Gasteiger partial charge in [-0.2, -0.15) is 0 Å². The van der Waals surface area contributed by atoms with E-state index >= 15 is 0 Å². The fourth-order valence-electron chi connectivity index (χ4n) is 3.20. The Morgan fingerprint density at radius 2 is 2.08 bits per heavy atom. The van der Waals surface area contributed by atoms with Gasteiger partial charge < -0.3 is 9.47 Å². The first-order chi connectivity index (χ1) is 11.6. The summed E-state index contributed by atoms with van der Waals surface area (Å²) in [6.07, 6.45) is 4.79. The number of hydrogen-bond acceptors (Lipinski definition) is 4. The van der Waals surface area contributed by atoms with E-state index in [0.29, 0.717) is 38.0 Å². The Balaban J connectivity index is 1.88. The van der Waals surface area contributed by atoms with Crippen LogP contribution < -0.4 is 0 Å². The summed E-state index contributed by atoms with van der Waals surface area (Å²) in [6, 6.07) is 8.81. The Labute approximate surface area is 140 Å². The van der Waals surface area contributed by atoms with E-state index in [1.165, 1.54) is 13.2 Å². The van der Waals surface area contributed by atoms with Crippen LogP contribution in [-0.2, 0) is 20.7 Å². The van der Waals surface area contributed by atoms with Crippen molar-refractivity contribution in [2.75, 3.05) is 20.3 Å². The molecule has 1 aromatic carbocycles. The number of nitrogens with zero attached hydrogens (tertiary/aromatic N) is 1. The molecule has 0 radical (unpaired) electrons. The second-order valence-corrected chi connectivity index (χ2v) is 6.11. The van der Waals surface area contributed by atoms with E-state index in [1.807, 2.05) is 18.2 Å². The van der Waals surface area contributed by atoms with E-state index in [0.717, 1.165) is 11.1 Å². The molecule has 0 unspecified atom stereocenters. The van der Waals surface area contributed by atoms with E-state index in [2.05, 4.69) is 4.98 Å². The highest BCUT2D eigenvalue weighted by Crippen LogP contribution is 2.37. The average Bonchev–Trinajstić information content (AvgIpc) is 2.64. The maximum absolute atomic E-state index is 14.6. The molecule has 2 aromatic rings. The molecule has 0 atom stereocenters. The first-order valence-electron chi connectivity index (χ1n) is 8.00. The van der Waals surface area contributed by atoms with Crippen LogP contribution in [0.5, 0.6) is 0 Å². The molecule has 0 saturated carbocycles. The molecule has 5 heteroatoms. The fourth-order valence-corrected chi connectivity index (χ4v) is 3.20. The number of pyridine rings is 1. The van der Waals surface area contributed by atoms with Crippen LogP contribution in [0.3, 0.4) is 0 Å². The van der Waals surface area contributed by atoms with E-state index in [9.17, 15) is 9.18 Å². The largest absolute Gasteiger partial charge is 0.469 e. The first kappa shape index (κ1) is 16.6. The number of carbonyl (C=O) groups excluding carboxylic acids is 1. The Kier molecular flexibility index (Phi) is 4.90. The van der Waals surface area contributed by atoms with Crippen LogP contribution in [0, 0.1) is 11.2 Å². The normalized spacial score (nSPS) is 16.6. The lowest BCUT2D eigenvalue weighted by molar-refractivity contribution is -0.158. The lowest BCUT2D eigenvalue weighted by Crippen LogP contribution is -2.40. The predicted octanol–water partition coefficient (Wildman–Crippen LogP) is 3.40. The maximum atomic E-state index is 14.6. The number of methoxy groups -OCH3 is 1. The van der Waals surface area contributed by atoms with Gasteiger partial charge in [0.15, 0.2) is 0 Å². The van der Waals surface area contributed by atoms with Crippen molar-refractivity contribution in [2.24, 2.45) is 5.41 Å². The van der Waals surface area contributed by atoms with Crippen molar-refractivity contribution in [1.82, 2.24) is 4.98 Å². The molecule has 0 N–H and O–H groups in total. The zero-order valence-corrected chi connectivity index (χ0v) is 13.6. The Morgan fingerprint density at radius 1 is 1.29 bits per heavy atom. The number of benzene rings is 1. The second kappa shape index (κ2) is 7.09. The van der Waals surface area contributed by atoms with E-state index in [1.54, 1.807) is 18.5 Å². The number of carbonyl (C=O) groups is 1. The lowest BCUT2D eigenvalue weighted by Gasteiger charge is -2.34. The van der Waals surface area contributed by atoms with Crippen molar-refractivity contribution in [3.63, 3.8) is 0 Å². The van der Waals surface area contributed by atoms with Crippen molar-refractivity contribution >= 4 is 5.97 Å². The summed E-state index contributed by atoms with van der Waals surface area (Å²) in [5.41, 5.74) is 1.44. The topological polar surface area (TPSA) is 48.4 Å². The molecule has 1 aliphatic heterocycles. The average molecular weight is 329 g/mol. The molecule has 0 spiro atoms. The molecule has 0 amide bonds. The molecule has 4 nitrogen and oxygen atoms in total. The van der Waals surface area contributed by atoms with E-state index in [4.69, 9.17) is 9.47 Å². The molecule has 1 saturated heterocycles. The van der Waals surface area contributed by atoms with Gasteiger partial charge in [-0.1, -0.05) is 18.2 Å². The van der Waals surface area contributed by atoms with Crippen LogP contribution in [0.2, 0.25) is 0 Å². The molecule has 1 aliphatic rings. The Hall–Kier alpha value is -2.27. The quantitative estimate of drug-likeness (QED) is 0.807. The molecule has 3 rings (SSSR count). The first-order valence-corrected chi connectivity index (χ1v) is 8.00. The van der Waals surface area contributed by atoms with E-state index in [-0.39, 0.29) is 11.8 Å². The highest BCUT2D eigenvalue weighted by atomic mass is 19.1. The van der Waals surface area contributed by atoms with Crippen LogP contribution in [0.25, 0.3) is 11.1 Å². The zero-order valence-electron chi connectivity index (χ0n) is 13.6. The molecule has 0 bridgehead atoms. The van der Waals surface area contributed by atoms with Gasteiger partial charge in [0.1, 0.15) is 5.82 Å². The maximum Gasteiger partial charge on any atom is 0.312 e. The highest BCUT2D eigenvalue weighted by molar-refractivity contribution is 5.77. The molecule has 1 aromatic heterocycles. The van der Waals surface area contributed by atoms with Gasteiger partial charge in [0.2, 0.25) is 0 Å². The summed E-state index contributed by atoms with van der Waals surface area (Å²) < 4.78 is 25.0. The van der Waals surface area contributed by atoms with Gasteiger partial charge in [-0.15, -0.1) is 0 Å². The van der Waals surface area contributed by atoms with Crippen molar-refractivity contribution in [1.29, 1.82) is 0 Å². The highest BCUT2D eigenvalue weighted by Gasteiger charge is 2.41. The van der Waals surface area contributed by atoms with Gasteiger partial charge >= 0.3 is 5.97 Å². The molecule has 126 valence electrons. The van der Waals surface area contributed by atoms with Crippen LogP contribution >= 0.6 is 0 Å². The fraction of sp³-hybridized carbons (Fsp3) is 0.368. The van der Waals surface area contributed by atoms with Gasteiger partial charge in [0, 0.05) is 31.2 Å². The summed E-state index contributed by atoms with van der Waals surface area (Å²) >= 11 is 0. The summed E-state index contributed by atoms with van der Waals surface area (Å²) in [4.78, 5) is 16.3. The number of aromatic nitrogens is 1. The van der Waals surface area contributed by atoms with Gasteiger partial charge in [-0.05, 0) is 42.5 Å². The number of esters is 1. The monoisotopic (exact) mass is 329 g/mol. The number of halogens is 1. The van der Waals surface area contributed by atoms with Crippen LogP contribution in [-0.4, -0.2) is 31.3 Å². The number of rotatable bonds is 4. The summed E-state index contributed by atoms with van der Waals surface area (Å²) in [7, 11) is 1.38. The third-order valence-electron chi connectivity index (χ3n) is 4.65. The molecule has 0 aliphatic carbocycles. The minimum atomic E-state index is -0.705. The van der Waals surface area contributed by atoms with Gasteiger partial charge in [0.05, 0.1) is 12.5 Å². The summed E-state index contributed by atoms with van der Waals surface area (Å²) in [6.45, 7) is 0.981. The van der Waals surface area contributed by atoms with Gasteiger partial charge in [0.25, 0.3) is 0 Å². The molecular weight excluding hydrogens is 309 g/mol. The minimum absolute atomic E-state index is 0.290. The second-order valence-electron chi connectivity index (χ2n) is 6.11. The lowest BCUT2D eigenvalue weighted by atomic mass is 9.75. The van der Waals surface area contributed by atoms with Crippen molar-refractivity contribution in [3.05, 3.63) is 54.1 Å². The molecule has 24 heavy (non-hydrogen) atoms. The third kappa shape index (κ3) is 3.31. The summed E-state index contributed by atoms with van der Waals surface area (Å²) in [5.74, 6) is -0.604. The van der Waals surface area contributed by atoms with Crippen LogP contribution in [0.4, 0.5) is 4.39 Å². The SMILES string of the molecule is COC(=O)C1(Cc2ccc(-c3cccnc3)cc2F)CCOCC1. The molecule has 2 heterocycles. The van der Waals surface area contributed by atoms with Crippen LogP contribution in [0.15, 0.2) is 42.7 Å². The zero-order chi connectivity index (χ0) is 17.0. The van der Waals surface area contributed by atoms with Crippen molar-refractivity contribution in [2.45, 2.75) is 19.3 Å². The Morgan fingerprint density at radius 3 is 2.71 bits per heavy atom. The van der Waals surface area contributed by atoms with Crippen molar-refractivity contribution in [3.8, 4) is 11.1 Å². The van der Waals surface area contributed by atoms with E-state index < -0.39 is 5.41 Å². The number of ether oxygens (including phenoxy) is 2. The van der Waals surface area contributed by atoms with Gasteiger partial charge in [-0.3, -0.25) is 9.78 Å². The van der Waals surface area contributed by atoms with Crippen LogP contribution in [0.1, 0.15) is 18.4 Å². The molecular formula is C19H20FNO3. The third-order valence-corrected chi connectivity index (χ3v) is 4.65. The standard InChI is InChI=1S/C19H20FNO3/c1-23-18(22)19(6-9-24-10-7-19)12-15-5-4-14(11-17(15)20)16-3-2-8-21-13-16/h2-5,8,11,13H,6-7,9-10,12H2,1H3. The predicted molar refractivity (Wildman–Crippen MR) is 87.8 cm³/mol. The number of hydrogen-bond donors (Lipinski definition) is 0. The molecule has 1 fully saturated rings.